The Morgan fingerprint density at radius 1 is 1.70 bits per heavy atom. The van der Waals surface area contributed by atoms with Crippen LogP contribution in [0.3, 0.4) is 0 Å². The minimum Gasteiger partial charge on any atom is -0.475 e. The molecule has 3 nitrogen and oxygen atoms in total. The van der Waals surface area contributed by atoms with Crippen LogP contribution in [0, 0.1) is 0 Å². The molecule has 1 N–H and O–H groups in total. The maximum absolute atomic E-state index is 11.6. The minimum atomic E-state index is -1.19. The van der Waals surface area contributed by atoms with E-state index in [0.29, 0.717) is 0 Å². The number of carboxylic acids is 1. The third-order valence-corrected chi connectivity index (χ3v) is 1.24. The fraction of sp³-hybridized carbons (Fsp3) is 0. The molecule has 0 unspecified atom stereocenters. The lowest BCUT2D eigenvalue weighted by atomic mass is 10.5. The second-order valence-electron chi connectivity index (χ2n) is 1.50. The van der Waals surface area contributed by atoms with Crippen molar-refractivity contribution in [3.63, 3.8) is 0 Å². The Labute approximate surface area is 60.1 Å². The standard InChI is InChI=1S/C5H3FO3S/c6-10-4-2-1-3(9-4)5(7)8/h1-2H,(H,7,8). The Morgan fingerprint density at radius 2 is 2.40 bits per heavy atom. The zero-order valence-corrected chi connectivity index (χ0v) is 5.52. The quantitative estimate of drug-likeness (QED) is 0.722. The molecule has 0 amide bonds. The number of hydrogen-bond donors (Lipinski definition) is 1. The Hall–Kier alpha value is -0.970. The average Bonchev–Trinajstić information content (AvgIpc) is 2.34. The topological polar surface area (TPSA) is 50.4 Å². The fourth-order valence-corrected chi connectivity index (χ4v) is 0.717. The van der Waals surface area contributed by atoms with Gasteiger partial charge >= 0.3 is 5.97 Å². The summed E-state index contributed by atoms with van der Waals surface area (Å²) >= 11 is -0.123. The molecule has 0 aliphatic carbocycles. The Kier molecular flexibility index (Phi) is 1.96. The van der Waals surface area contributed by atoms with E-state index in [0.717, 1.165) is 0 Å². The van der Waals surface area contributed by atoms with Gasteiger partial charge in [-0.1, -0.05) is 0 Å². The van der Waals surface area contributed by atoms with Crippen LogP contribution in [0.15, 0.2) is 21.6 Å². The number of rotatable bonds is 2. The van der Waals surface area contributed by atoms with Crippen molar-refractivity contribution < 1.29 is 18.2 Å². The van der Waals surface area contributed by atoms with Crippen molar-refractivity contribution in [3.05, 3.63) is 17.9 Å². The van der Waals surface area contributed by atoms with Crippen molar-refractivity contribution in [1.29, 1.82) is 0 Å². The highest BCUT2D eigenvalue weighted by atomic mass is 32.2. The summed E-state index contributed by atoms with van der Waals surface area (Å²) in [5.74, 6) is -1.44. The molecule has 0 radical (unpaired) electrons. The van der Waals surface area contributed by atoms with E-state index in [1.54, 1.807) is 0 Å². The van der Waals surface area contributed by atoms with Gasteiger partial charge in [-0.2, -0.15) is 3.89 Å². The molecule has 1 aromatic rings. The van der Waals surface area contributed by atoms with E-state index in [-0.39, 0.29) is 23.0 Å². The van der Waals surface area contributed by atoms with E-state index in [1.165, 1.54) is 12.1 Å². The fourth-order valence-electron chi connectivity index (χ4n) is 0.477. The van der Waals surface area contributed by atoms with Gasteiger partial charge in [0.15, 0.2) is 5.09 Å². The highest BCUT2D eigenvalue weighted by Gasteiger charge is 2.08. The van der Waals surface area contributed by atoms with Gasteiger partial charge in [0.25, 0.3) is 0 Å². The van der Waals surface area contributed by atoms with Crippen LogP contribution >= 0.6 is 12.1 Å². The van der Waals surface area contributed by atoms with Crippen LogP contribution in [0.4, 0.5) is 3.89 Å². The molecule has 0 fully saturated rings. The summed E-state index contributed by atoms with van der Waals surface area (Å²) in [5, 5.41) is 8.22. The molecule has 0 atom stereocenters. The van der Waals surface area contributed by atoms with Crippen molar-refractivity contribution in [2.75, 3.05) is 0 Å². The van der Waals surface area contributed by atoms with E-state index < -0.39 is 5.97 Å². The molecule has 10 heavy (non-hydrogen) atoms. The summed E-state index contributed by atoms with van der Waals surface area (Å²) < 4.78 is 16.1. The van der Waals surface area contributed by atoms with Gasteiger partial charge in [-0.3, -0.25) is 0 Å². The third kappa shape index (κ3) is 1.30. The lowest BCUT2D eigenvalue weighted by Crippen LogP contribution is -1.91. The zero-order valence-electron chi connectivity index (χ0n) is 4.70. The SMILES string of the molecule is O=C(O)c1ccc(SF)o1. The van der Waals surface area contributed by atoms with Gasteiger partial charge in [0, 0.05) is 0 Å². The number of halogens is 1. The molecular weight excluding hydrogens is 159 g/mol. The maximum Gasteiger partial charge on any atom is 0.371 e. The van der Waals surface area contributed by atoms with Crippen molar-refractivity contribution in [1.82, 2.24) is 0 Å². The van der Waals surface area contributed by atoms with Crippen molar-refractivity contribution in [2.45, 2.75) is 5.09 Å². The molecule has 0 saturated heterocycles. The van der Waals surface area contributed by atoms with E-state index in [4.69, 9.17) is 5.11 Å². The number of carboxylic acid groups (broad SMARTS) is 1. The van der Waals surface area contributed by atoms with Crippen LogP contribution in [0.1, 0.15) is 10.6 Å². The molecule has 0 aliphatic heterocycles. The van der Waals surface area contributed by atoms with Gasteiger partial charge in [0.1, 0.15) is 12.1 Å². The van der Waals surface area contributed by atoms with Crippen LogP contribution in [-0.4, -0.2) is 11.1 Å². The molecule has 0 saturated carbocycles. The lowest BCUT2D eigenvalue weighted by molar-refractivity contribution is 0.0656. The van der Waals surface area contributed by atoms with Crippen LogP contribution in [-0.2, 0) is 0 Å². The minimum absolute atomic E-state index is 0.0441. The second-order valence-corrected chi connectivity index (χ2v) is 2.06. The highest BCUT2D eigenvalue weighted by molar-refractivity contribution is 7.94. The Bertz CT molecular complexity index is 245. The molecule has 0 spiro atoms. The molecule has 5 heteroatoms. The maximum atomic E-state index is 11.6. The first kappa shape index (κ1) is 7.14. The van der Waals surface area contributed by atoms with Gasteiger partial charge in [-0.05, 0) is 12.1 Å². The van der Waals surface area contributed by atoms with Crippen LogP contribution in [0.5, 0.6) is 0 Å². The number of hydrogen-bond acceptors (Lipinski definition) is 3. The molecule has 1 aromatic heterocycles. The van der Waals surface area contributed by atoms with Gasteiger partial charge in [-0.15, -0.1) is 0 Å². The first-order valence-electron chi connectivity index (χ1n) is 2.36. The number of furan rings is 1. The molecule has 0 bridgehead atoms. The van der Waals surface area contributed by atoms with Crippen LogP contribution in [0.25, 0.3) is 0 Å². The first-order valence-corrected chi connectivity index (χ1v) is 3.07. The van der Waals surface area contributed by atoms with Crippen molar-refractivity contribution in [3.8, 4) is 0 Å². The summed E-state index contributed by atoms with van der Waals surface area (Å²) in [7, 11) is 0. The smallest absolute Gasteiger partial charge is 0.371 e. The molecular formula is C5H3FO3S. The summed E-state index contributed by atoms with van der Waals surface area (Å²) in [6.45, 7) is 0. The van der Waals surface area contributed by atoms with Gasteiger partial charge in [0.05, 0.1) is 0 Å². The third-order valence-electron chi connectivity index (χ3n) is 0.868. The van der Waals surface area contributed by atoms with E-state index >= 15 is 0 Å². The normalized spacial score (nSPS) is 9.70. The molecule has 0 aliphatic rings. The first-order chi connectivity index (χ1) is 4.74. The van der Waals surface area contributed by atoms with Gasteiger partial charge in [-0.25, -0.2) is 4.79 Å². The molecule has 0 aromatic carbocycles. The largest absolute Gasteiger partial charge is 0.475 e. The predicted molar refractivity (Wildman–Crippen MR) is 32.6 cm³/mol. The van der Waals surface area contributed by atoms with Gasteiger partial charge in [0.2, 0.25) is 5.76 Å². The second kappa shape index (κ2) is 2.74. The molecule has 1 rings (SSSR count). The van der Waals surface area contributed by atoms with E-state index in [2.05, 4.69) is 4.42 Å². The van der Waals surface area contributed by atoms with Gasteiger partial charge < -0.3 is 9.52 Å². The monoisotopic (exact) mass is 162 g/mol. The lowest BCUT2D eigenvalue weighted by Gasteiger charge is -1.83. The number of aromatic carboxylic acids is 1. The Morgan fingerprint density at radius 3 is 2.70 bits per heavy atom. The highest BCUT2D eigenvalue weighted by Crippen LogP contribution is 2.21. The average molecular weight is 162 g/mol. The summed E-state index contributed by atoms with van der Waals surface area (Å²) in [4.78, 5) is 10.1. The predicted octanol–water partition coefficient (Wildman–Crippen LogP) is 1.95. The zero-order chi connectivity index (χ0) is 7.56. The van der Waals surface area contributed by atoms with Crippen molar-refractivity contribution >= 4 is 18.1 Å². The van der Waals surface area contributed by atoms with Crippen molar-refractivity contribution in [2.24, 2.45) is 0 Å². The molecule has 54 valence electrons. The van der Waals surface area contributed by atoms with E-state index in [1.807, 2.05) is 0 Å². The summed E-state index contributed by atoms with van der Waals surface area (Å²) in [6.07, 6.45) is 0. The summed E-state index contributed by atoms with van der Waals surface area (Å²) in [6, 6.07) is 2.46. The number of carbonyl (C=O) groups is 1. The van der Waals surface area contributed by atoms with E-state index in [9.17, 15) is 8.68 Å². The molecule has 1 heterocycles. The van der Waals surface area contributed by atoms with Crippen LogP contribution in [0.2, 0.25) is 0 Å². The van der Waals surface area contributed by atoms with Crippen LogP contribution < -0.4 is 0 Å². The Balaban J connectivity index is 2.88. The summed E-state index contributed by atoms with van der Waals surface area (Å²) in [5.41, 5.74) is 0.